The summed E-state index contributed by atoms with van der Waals surface area (Å²) in [6.07, 6.45) is 0. The van der Waals surface area contributed by atoms with Crippen molar-refractivity contribution in [1.29, 1.82) is 0 Å². The number of rotatable bonds is 3. The van der Waals surface area contributed by atoms with Gasteiger partial charge in [-0.05, 0) is 31.2 Å². The highest BCUT2D eigenvalue weighted by molar-refractivity contribution is 6.04. The van der Waals surface area contributed by atoms with Gasteiger partial charge in [0.05, 0.1) is 12.8 Å². The molecule has 0 fully saturated rings. The summed E-state index contributed by atoms with van der Waals surface area (Å²) in [5, 5.41) is 2.77. The molecule has 0 aliphatic rings. The van der Waals surface area contributed by atoms with Gasteiger partial charge in [-0.1, -0.05) is 12.1 Å². The molecule has 1 aromatic carbocycles. The number of hydrogen-bond acceptors (Lipinski definition) is 4. The lowest BCUT2D eigenvalue weighted by Crippen LogP contribution is -2.11. The van der Waals surface area contributed by atoms with Gasteiger partial charge in [0.2, 0.25) is 0 Å². The first-order chi connectivity index (χ1) is 10.2. The Balaban J connectivity index is 1.90. The molecule has 0 unspecified atom stereocenters. The Hall–Kier alpha value is -2.82. The Morgan fingerprint density at radius 1 is 1.24 bits per heavy atom. The number of pyridine rings is 1. The summed E-state index contributed by atoms with van der Waals surface area (Å²) in [5.41, 5.74) is 2.72. The van der Waals surface area contributed by atoms with Crippen molar-refractivity contribution in [3.05, 3.63) is 53.9 Å². The molecule has 0 radical (unpaired) electrons. The zero-order valence-electron chi connectivity index (χ0n) is 11.7. The predicted octanol–water partition coefficient (Wildman–Crippen LogP) is 3.40. The van der Waals surface area contributed by atoms with Crippen LogP contribution >= 0.6 is 0 Å². The highest BCUT2D eigenvalue weighted by atomic mass is 16.5. The van der Waals surface area contributed by atoms with Crippen molar-refractivity contribution >= 4 is 22.7 Å². The number of furan rings is 1. The molecule has 0 saturated heterocycles. The zero-order valence-corrected chi connectivity index (χ0v) is 11.7. The minimum Gasteiger partial charge on any atom is -0.495 e. The Morgan fingerprint density at radius 2 is 2.05 bits per heavy atom. The predicted molar refractivity (Wildman–Crippen MR) is 79.7 cm³/mol. The Bertz CT molecular complexity index is 808. The van der Waals surface area contributed by atoms with Crippen LogP contribution in [-0.2, 0) is 0 Å². The van der Waals surface area contributed by atoms with E-state index < -0.39 is 0 Å². The molecule has 1 amide bonds. The third kappa shape index (κ3) is 2.58. The fourth-order valence-electron chi connectivity index (χ4n) is 2.07. The largest absolute Gasteiger partial charge is 0.495 e. The number of carbonyl (C=O) groups excluding carboxylic acids is 1. The molecule has 0 saturated carbocycles. The number of aryl methyl sites for hydroxylation is 1. The number of para-hydroxylation sites is 2. The first-order valence-electron chi connectivity index (χ1n) is 6.49. The number of aromatic nitrogens is 1. The van der Waals surface area contributed by atoms with E-state index in [1.165, 1.54) is 0 Å². The van der Waals surface area contributed by atoms with Crippen LogP contribution in [0.1, 0.15) is 16.2 Å². The normalized spacial score (nSPS) is 10.6. The van der Waals surface area contributed by atoms with E-state index in [0.29, 0.717) is 22.5 Å². The van der Waals surface area contributed by atoms with Gasteiger partial charge in [-0.15, -0.1) is 0 Å². The molecule has 0 bridgehead atoms. The molecule has 2 heterocycles. The number of anilines is 1. The van der Waals surface area contributed by atoms with Gasteiger partial charge in [0, 0.05) is 11.8 Å². The van der Waals surface area contributed by atoms with Crippen LogP contribution in [0.2, 0.25) is 0 Å². The van der Waals surface area contributed by atoms with Crippen LogP contribution < -0.4 is 10.1 Å². The van der Waals surface area contributed by atoms with Crippen LogP contribution in [0.25, 0.3) is 11.1 Å². The highest BCUT2D eigenvalue weighted by Crippen LogP contribution is 2.25. The van der Waals surface area contributed by atoms with Crippen molar-refractivity contribution in [2.45, 2.75) is 6.92 Å². The lowest BCUT2D eigenvalue weighted by molar-refractivity contribution is 0.0998. The Labute approximate surface area is 121 Å². The van der Waals surface area contributed by atoms with Crippen LogP contribution in [0.4, 0.5) is 5.69 Å². The summed E-state index contributed by atoms with van der Waals surface area (Å²) in [6.45, 7) is 1.89. The average molecular weight is 282 g/mol. The molecule has 21 heavy (non-hydrogen) atoms. The third-order valence-corrected chi connectivity index (χ3v) is 3.09. The molecule has 2 aromatic heterocycles. The van der Waals surface area contributed by atoms with Crippen molar-refractivity contribution in [3.8, 4) is 5.75 Å². The summed E-state index contributed by atoms with van der Waals surface area (Å²) in [4.78, 5) is 16.6. The van der Waals surface area contributed by atoms with E-state index in [-0.39, 0.29) is 11.7 Å². The average Bonchev–Trinajstić information content (AvgIpc) is 2.91. The van der Waals surface area contributed by atoms with E-state index in [0.717, 1.165) is 5.69 Å². The monoisotopic (exact) mass is 282 g/mol. The van der Waals surface area contributed by atoms with Crippen molar-refractivity contribution in [2.75, 3.05) is 12.4 Å². The molecule has 3 rings (SSSR count). The van der Waals surface area contributed by atoms with Crippen molar-refractivity contribution in [3.63, 3.8) is 0 Å². The van der Waals surface area contributed by atoms with E-state index >= 15 is 0 Å². The third-order valence-electron chi connectivity index (χ3n) is 3.09. The van der Waals surface area contributed by atoms with E-state index in [4.69, 9.17) is 9.15 Å². The van der Waals surface area contributed by atoms with E-state index in [9.17, 15) is 4.79 Å². The fraction of sp³-hybridized carbons (Fsp3) is 0.125. The topological polar surface area (TPSA) is 64.4 Å². The maximum Gasteiger partial charge on any atom is 0.291 e. The number of amides is 1. The molecular formula is C16H14N2O3. The van der Waals surface area contributed by atoms with Gasteiger partial charge >= 0.3 is 0 Å². The molecular weight excluding hydrogens is 268 g/mol. The zero-order chi connectivity index (χ0) is 14.8. The number of nitrogens with zero attached hydrogens (tertiary/aromatic N) is 1. The lowest BCUT2D eigenvalue weighted by Gasteiger charge is -2.08. The molecule has 0 atom stereocenters. The van der Waals surface area contributed by atoms with E-state index in [1.807, 2.05) is 25.1 Å². The number of benzene rings is 1. The van der Waals surface area contributed by atoms with Gasteiger partial charge < -0.3 is 14.5 Å². The summed E-state index contributed by atoms with van der Waals surface area (Å²) in [5.74, 6) is 0.472. The van der Waals surface area contributed by atoms with Crippen molar-refractivity contribution in [2.24, 2.45) is 0 Å². The second kappa shape index (κ2) is 5.28. The Kier molecular flexibility index (Phi) is 3.31. The van der Waals surface area contributed by atoms with Gasteiger partial charge in [-0.25, -0.2) is 4.98 Å². The molecule has 5 nitrogen and oxygen atoms in total. The summed E-state index contributed by atoms with van der Waals surface area (Å²) < 4.78 is 10.7. The summed E-state index contributed by atoms with van der Waals surface area (Å²) in [7, 11) is 1.55. The molecule has 0 aliphatic heterocycles. The molecule has 0 aliphatic carbocycles. The van der Waals surface area contributed by atoms with Gasteiger partial charge in [-0.3, -0.25) is 4.79 Å². The number of fused-ring (bicyclic) bond motifs is 1. The molecule has 5 heteroatoms. The van der Waals surface area contributed by atoms with Crippen LogP contribution in [0.3, 0.4) is 0 Å². The lowest BCUT2D eigenvalue weighted by atomic mass is 10.3. The van der Waals surface area contributed by atoms with Crippen LogP contribution in [0.5, 0.6) is 5.75 Å². The van der Waals surface area contributed by atoms with Crippen molar-refractivity contribution < 1.29 is 13.9 Å². The maximum atomic E-state index is 12.2. The summed E-state index contributed by atoms with van der Waals surface area (Å²) in [6, 6.07) is 12.5. The second-order valence-corrected chi connectivity index (χ2v) is 4.60. The fourth-order valence-corrected chi connectivity index (χ4v) is 2.07. The molecule has 3 aromatic rings. The highest BCUT2D eigenvalue weighted by Gasteiger charge is 2.14. The molecule has 106 valence electrons. The molecule has 1 N–H and O–H groups in total. The van der Waals surface area contributed by atoms with Crippen LogP contribution in [0.15, 0.2) is 46.9 Å². The first kappa shape index (κ1) is 13.2. The van der Waals surface area contributed by atoms with Crippen molar-refractivity contribution in [1.82, 2.24) is 4.98 Å². The maximum absolute atomic E-state index is 12.2. The van der Waals surface area contributed by atoms with Gasteiger partial charge in [0.15, 0.2) is 11.3 Å². The number of carbonyl (C=O) groups is 1. The quantitative estimate of drug-likeness (QED) is 0.799. The number of hydrogen-bond donors (Lipinski definition) is 1. The minimum absolute atomic E-state index is 0.217. The first-order valence-corrected chi connectivity index (χ1v) is 6.49. The molecule has 0 spiro atoms. The van der Waals surface area contributed by atoms with E-state index in [1.54, 1.807) is 31.4 Å². The van der Waals surface area contributed by atoms with Gasteiger partial charge in [-0.2, -0.15) is 0 Å². The van der Waals surface area contributed by atoms with Gasteiger partial charge in [0.25, 0.3) is 5.91 Å². The number of methoxy groups -OCH3 is 1. The SMILES string of the molecule is COc1ccccc1NC(=O)c1cc2nc(C)ccc2o1. The minimum atomic E-state index is -0.338. The van der Waals surface area contributed by atoms with Gasteiger partial charge in [0.1, 0.15) is 11.3 Å². The number of ether oxygens (including phenoxy) is 1. The standard InChI is InChI=1S/C16H14N2O3/c1-10-7-8-14-12(17-10)9-15(21-14)16(19)18-11-5-3-4-6-13(11)20-2/h3-9H,1-2H3,(H,18,19). The van der Waals surface area contributed by atoms with E-state index in [2.05, 4.69) is 10.3 Å². The Morgan fingerprint density at radius 3 is 2.86 bits per heavy atom. The number of nitrogens with one attached hydrogen (secondary N) is 1. The smallest absolute Gasteiger partial charge is 0.291 e. The second-order valence-electron chi connectivity index (χ2n) is 4.60. The summed E-state index contributed by atoms with van der Waals surface area (Å²) >= 11 is 0. The van der Waals surface area contributed by atoms with Crippen LogP contribution in [0, 0.1) is 6.92 Å². The van der Waals surface area contributed by atoms with Crippen LogP contribution in [-0.4, -0.2) is 18.0 Å².